The number of carbonyl (C=O) groups excluding carboxylic acids is 1. The quantitative estimate of drug-likeness (QED) is 0.829. The normalized spacial score (nSPS) is 14.8. The smallest absolute Gasteiger partial charge is 0.222 e. The highest BCUT2D eigenvalue weighted by molar-refractivity contribution is 7.07. The Kier molecular flexibility index (Phi) is 4.96. The van der Waals surface area contributed by atoms with Crippen LogP contribution in [-0.4, -0.2) is 11.9 Å². The zero-order valence-electron chi connectivity index (χ0n) is 10.1. The first-order chi connectivity index (χ1) is 7.50. The Balaban J connectivity index is 2.40. The lowest BCUT2D eigenvalue weighted by atomic mass is 10.0. The molecule has 1 aromatic heterocycles. The van der Waals surface area contributed by atoms with Gasteiger partial charge in [0.1, 0.15) is 0 Å². The molecule has 0 saturated carbocycles. The third kappa shape index (κ3) is 3.94. The molecular formula is C12H20N2OS. The van der Waals surface area contributed by atoms with Gasteiger partial charge in [-0.25, -0.2) is 0 Å². The molecule has 1 amide bonds. The standard InChI is InChI=1S/C12H20N2OS/c1-8(2)11(13)6-12(15)14-9(3)10-4-5-16-7-10/h4-5,7-9,11H,6,13H2,1-3H3,(H,14,15). The average molecular weight is 240 g/mol. The summed E-state index contributed by atoms with van der Waals surface area (Å²) in [4.78, 5) is 11.7. The third-order valence-electron chi connectivity index (χ3n) is 2.70. The SMILES string of the molecule is CC(NC(=O)CC(N)C(C)C)c1ccsc1. The monoisotopic (exact) mass is 240 g/mol. The molecule has 3 N–H and O–H groups in total. The fraction of sp³-hybridized carbons (Fsp3) is 0.583. The third-order valence-corrected chi connectivity index (χ3v) is 3.40. The molecule has 0 spiro atoms. The van der Waals surface area contributed by atoms with Gasteiger partial charge in [0.2, 0.25) is 5.91 Å². The second-order valence-electron chi connectivity index (χ2n) is 4.46. The van der Waals surface area contributed by atoms with E-state index in [1.807, 2.05) is 37.6 Å². The summed E-state index contributed by atoms with van der Waals surface area (Å²) in [7, 11) is 0. The molecule has 4 heteroatoms. The fourth-order valence-corrected chi connectivity index (χ4v) is 2.11. The molecule has 1 rings (SSSR count). The van der Waals surface area contributed by atoms with Crippen molar-refractivity contribution in [3.05, 3.63) is 22.4 Å². The number of nitrogens with two attached hydrogens (primary N) is 1. The summed E-state index contributed by atoms with van der Waals surface area (Å²) in [5.74, 6) is 0.363. The maximum absolute atomic E-state index is 11.7. The van der Waals surface area contributed by atoms with Gasteiger partial charge in [-0.2, -0.15) is 11.3 Å². The predicted octanol–water partition coefficient (Wildman–Crippen LogP) is 2.30. The first kappa shape index (κ1) is 13.2. The molecule has 1 heterocycles. The molecule has 0 saturated heterocycles. The Bertz CT molecular complexity index is 322. The molecule has 2 unspecified atom stereocenters. The Morgan fingerprint density at radius 2 is 2.19 bits per heavy atom. The highest BCUT2D eigenvalue weighted by Gasteiger charge is 2.15. The van der Waals surface area contributed by atoms with Crippen molar-refractivity contribution in [2.45, 2.75) is 39.3 Å². The number of hydrogen-bond donors (Lipinski definition) is 2. The van der Waals surface area contributed by atoms with Gasteiger partial charge in [-0.15, -0.1) is 0 Å². The Morgan fingerprint density at radius 1 is 1.50 bits per heavy atom. The summed E-state index contributed by atoms with van der Waals surface area (Å²) < 4.78 is 0. The molecule has 0 radical (unpaired) electrons. The Hall–Kier alpha value is -0.870. The van der Waals surface area contributed by atoms with Crippen molar-refractivity contribution < 1.29 is 4.79 Å². The maximum Gasteiger partial charge on any atom is 0.222 e. The molecule has 0 aromatic carbocycles. The van der Waals surface area contributed by atoms with E-state index in [0.29, 0.717) is 12.3 Å². The summed E-state index contributed by atoms with van der Waals surface area (Å²) in [6.07, 6.45) is 0.395. The molecule has 0 aliphatic rings. The van der Waals surface area contributed by atoms with Crippen molar-refractivity contribution in [3.8, 4) is 0 Å². The van der Waals surface area contributed by atoms with E-state index in [2.05, 4.69) is 5.32 Å². The molecule has 16 heavy (non-hydrogen) atoms. The first-order valence-electron chi connectivity index (χ1n) is 5.57. The highest BCUT2D eigenvalue weighted by atomic mass is 32.1. The van der Waals surface area contributed by atoms with Crippen LogP contribution in [0.25, 0.3) is 0 Å². The minimum atomic E-state index is -0.0605. The van der Waals surface area contributed by atoms with Gasteiger partial charge < -0.3 is 11.1 Å². The first-order valence-corrected chi connectivity index (χ1v) is 6.52. The molecule has 0 aliphatic heterocycles. The number of rotatable bonds is 5. The van der Waals surface area contributed by atoms with Crippen molar-refractivity contribution >= 4 is 17.2 Å². The highest BCUT2D eigenvalue weighted by Crippen LogP contribution is 2.15. The minimum Gasteiger partial charge on any atom is -0.350 e. The van der Waals surface area contributed by atoms with Crippen molar-refractivity contribution in [2.75, 3.05) is 0 Å². The molecule has 0 bridgehead atoms. The van der Waals surface area contributed by atoms with Crippen molar-refractivity contribution in [1.29, 1.82) is 0 Å². The molecule has 90 valence electrons. The van der Waals surface area contributed by atoms with Gasteiger partial charge in [-0.1, -0.05) is 13.8 Å². The van der Waals surface area contributed by atoms with Crippen LogP contribution in [0.2, 0.25) is 0 Å². The van der Waals surface area contributed by atoms with Gasteiger partial charge >= 0.3 is 0 Å². The number of hydrogen-bond acceptors (Lipinski definition) is 3. The van der Waals surface area contributed by atoms with Gasteiger partial charge in [-0.05, 0) is 35.2 Å². The van der Waals surface area contributed by atoms with E-state index in [0.717, 1.165) is 5.56 Å². The van der Waals surface area contributed by atoms with E-state index in [-0.39, 0.29) is 18.0 Å². The van der Waals surface area contributed by atoms with E-state index in [1.165, 1.54) is 0 Å². The van der Waals surface area contributed by atoms with E-state index in [9.17, 15) is 4.79 Å². The number of nitrogens with one attached hydrogen (secondary N) is 1. The van der Waals surface area contributed by atoms with Crippen LogP contribution in [0.3, 0.4) is 0 Å². The van der Waals surface area contributed by atoms with E-state index in [4.69, 9.17) is 5.73 Å². The summed E-state index contributed by atoms with van der Waals surface area (Å²) in [5.41, 5.74) is 7.00. The summed E-state index contributed by atoms with van der Waals surface area (Å²) in [5, 5.41) is 7.02. The van der Waals surface area contributed by atoms with E-state index in [1.54, 1.807) is 11.3 Å². The van der Waals surface area contributed by atoms with Crippen LogP contribution in [0.5, 0.6) is 0 Å². The molecular weight excluding hydrogens is 220 g/mol. The van der Waals surface area contributed by atoms with Crippen LogP contribution in [0.4, 0.5) is 0 Å². The molecule has 2 atom stereocenters. The molecule has 0 aliphatic carbocycles. The van der Waals surface area contributed by atoms with Crippen LogP contribution < -0.4 is 11.1 Å². The minimum absolute atomic E-state index is 0.0277. The van der Waals surface area contributed by atoms with Gasteiger partial charge in [0, 0.05) is 12.5 Å². The number of carbonyl (C=O) groups is 1. The van der Waals surface area contributed by atoms with Crippen LogP contribution in [0.15, 0.2) is 16.8 Å². The summed E-state index contributed by atoms with van der Waals surface area (Å²) in [6, 6.07) is 2.03. The Morgan fingerprint density at radius 3 is 2.69 bits per heavy atom. The second-order valence-corrected chi connectivity index (χ2v) is 5.24. The maximum atomic E-state index is 11.7. The molecule has 0 fully saturated rings. The van der Waals surface area contributed by atoms with E-state index >= 15 is 0 Å². The van der Waals surface area contributed by atoms with Crippen molar-refractivity contribution in [3.63, 3.8) is 0 Å². The van der Waals surface area contributed by atoms with Crippen LogP contribution in [0, 0.1) is 5.92 Å². The zero-order valence-corrected chi connectivity index (χ0v) is 10.9. The van der Waals surface area contributed by atoms with Crippen LogP contribution >= 0.6 is 11.3 Å². The van der Waals surface area contributed by atoms with Crippen molar-refractivity contribution in [2.24, 2.45) is 11.7 Å². The molecule has 3 nitrogen and oxygen atoms in total. The topological polar surface area (TPSA) is 55.1 Å². The van der Waals surface area contributed by atoms with Gasteiger partial charge in [0.15, 0.2) is 0 Å². The van der Waals surface area contributed by atoms with Gasteiger partial charge in [0.25, 0.3) is 0 Å². The Labute approximate surface area is 101 Å². The zero-order chi connectivity index (χ0) is 12.1. The van der Waals surface area contributed by atoms with Crippen molar-refractivity contribution in [1.82, 2.24) is 5.32 Å². The lowest BCUT2D eigenvalue weighted by Crippen LogP contribution is -2.35. The predicted molar refractivity (Wildman–Crippen MR) is 68.3 cm³/mol. The lowest BCUT2D eigenvalue weighted by Gasteiger charge is -2.17. The number of amides is 1. The summed E-state index contributed by atoms with van der Waals surface area (Å²) in [6.45, 7) is 6.04. The summed E-state index contributed by atoms with van der Waals surface area (Å²) >= 11 is 1.64. The van der Waals surface area contributed by atoms with Crippen LogP contribution in [-0.2, 0) is 4.79 Å². The largest absolute Gasteiger partial charge is 0.350 e. The number of thiophene rings is 1. The van der Waals surface area contributed by atoms with Gasteiger partial charge in [-0.3, -0.25) is 4.79 Å². The molecule has 1 aromatic rings. The second kappa shape index (κ2) is 6.01. The average Bonchev–Trinajstić information content (AvgIpc) is 2.69. The van der Waals surface area contributed by atoms with Gasteiger partial charge in [0.05, 0.1) is 6.04 Å². The lowest BCUT2D eigenvalue weighted by molar-refractivity contribution is -0.122. The van der Waals surface area contributed by atoms with Crippen LogP contribution in [0.1, 0.15) is 38.8 Å². The van der Waals surface area contributed by atoms with E-state index < -0.39 is 0 Å². The fourth-order valence-electron chi connectivity index (χ4n) is 1.35.